The molecule has 6 nitrogen and oxygen atoms in total. The molecular weight excluding hydrogens is 477 g/mol. The molecule has 0 amide bonds. The number of rotatable bonds is 8. The summed E-state index contributed by atoms with van der Waals surface area (Å²) in [5.41, 5.74) is 3.11. The van der Waals surface area contributed by atoms with E-state index in [1.54, 1.807) is 12.3 Å². The van der Waals surface area contributed by atoms with Gasteiger partial charge >= 0.3 is 0 Å². The third kappa shape index (κ3) is 5.59. The zero-order valence-electron chi connectivity index (χ0n) is 21.9. The van der Waals surface area contributed by atoms with Gasteiger partial charge in [-0.2, -0.15) is 0 Å². The summed E-state index contributed by atoms with van der Waals surface area (Å²) in [7, 11) is 0. The fourth-order valence-electron chi connectivity index (χ4n) is 5.94. The number of fused-ring (bicyclic) bond motifs is 1. The molecule has 4 heterocycles. The van der Waals surface area contributed by atoms with Crippen molar-refractivity contribution in [2.45, 2.75) is 44.6 Å². The second-order valence-corrected chi connectivity index (χ2v) is 10.5. The highest BCUT2D eigenvalue weighted by atomic mass is 19.1. The predicted octanol–water partition coefficient (Wildman–Crippen LogP) is 5.95. The number of halogens is 1. The van der Waals surface area contributed by atoms with Crippen LogP contribution in [0.5, 0.6) is 5.75 Å². The molecule has 2 aliphatic heterocycles. The standard InChI is InChI=1S/C31H36FN5O/c32-24-8-13-30-29(23-24)34-31(28-7-2-3-16-33-28)37(30)26-9-11-27(12-10-26)38-22-6-17-35-20-14-25(15-21-35)36-18-4-1-5-19-36/h2-3,7-13,16,23,25H,1,4-6,14-15,17-22H2. The first-order chi connectivity index (χ1) is 18.7. The Hall–Kier alpha value is -3.29. The first kappa shape index (κ1) is 25.0. The summed E-state index contributed by atoms with van der Waals surface area (Å²) >= 11 is 0. The van der Waals surface area contributed by atoms with Crippen LogP contribution in [0.25, 0.3) is 28.2 Å². The van der Waals surface area contributed by atoms with Crippen molar-refractivity contribution in [3.8, 4) is 23.0 Å². The van der Waals surface area contributed by atoms with E-state index in [2.05, 4.69) is 14.8 Å². The summed E-state index contributed by atoms with van der Waals surface area (Å²) in [5, 5.41) is 0. The molecule has 0 saturated carbocycles. The zero-order valence-corrected chi connectivity index (χ0v) is 21.9. The monoisotopic (exact) mass is 513 g/mol. The van der Waals surface area contributed by atoms with Crippen molar-refractivity contribution in [1.29, 1.82) is 0 Å². The fraction of sp³-hybridized carbons (Fsp3) is 0.419. The van der Waals surface area contributed by atoms with Gasteiger partial charge in [-0.3, -0.25) is 9.55 Å². The summed E-state index contributed by atoms with van der Waals surface area (Å²) < 4.78 is 22.0. The van der Waals surface area contributed by atoms with Gasteiger partial charge in [-0.05, 0) is 107 Å². The molecule has 0 aliphatic carbocycles. The molecule has 0 radical (unpaired) electrons. The Labute approximate surface area is 224 Å². The molecule has 4 aromatic rings. The lowest BCUT2D eigenvalue weighted by Gasteiger charge is -2.40. The molecule has 2 aromatic heterocycles. The highest BCUT2D eigenvalue weighted by molar-refractivity contribution is 5.82. The Bertz CT molecular complexity index is 1330. The van der Waals surface area contributed by atoms with E-state index in [1.807, 2.05) is 47.0 Å². The van der Waals surface area contributed by atoms with Gasteiger partial charge in [-0.15, -0.1) is 0 Å². The second-order valence-electron chi connectivity index (χ2n) is 10.5. The highest BCUT2D eigenvalue weighted by Crippen LogP contribution is 2.29. The van der Waals surface area contributed by atoms with Gasteiger partial charge in [0.2, 0.25) is 0 Å². The molecule has 198 valence electrons. The second kappa shape index (κ2) is 11.6. The van der Waals surface area contributed by atoms with Gasteiger partial charge in [-0.1, -0.05) is 12.5 Å². The highest BCUT2D eigenvalue weighted by Gasteiger charge is 2.25. The maximum absolute atomic E-state index is 13.9. The number of pyridine rings is 1. The minimum atomic E-state index is -0.301. The summed E-state index contributed by atoms with van der Waals surface area (Å²) in [6, 6.07) is 19.3. The van der Waals surface area contributed by atoms with Crippen LogP contribution in [0.3, 0.4) is 0 Å². The SMILES string of the molecule is Fc1ccc2c(c1)nc(-c1ccccn1)n2-c1ccc(OCCCN2CCC(N3CCCCC3)CC2)cc1. The number of ether oxygens (including phenoxy) is 1. The molecule has 2 aliphatic rings. The average Bonchev–Trinajstić information content (AvgIpc) is 3.35. The van der Waals surface area contributed by atoms with Crippen molar-refractivity contribution in [2.75, 3.05) is 39.3 Å². The molecule has 0 spiro atoms. The van der Waals surface area contributed by atoms with Gasteiger partial charge in [0.15, 0.2) is 5.82 Å². The fourth-order valence-corrected chi connectivity index (χ4v) is 5.94. The Morgan fingerprint density at radius 3 is 2.47 bits per heavy atom. The van der Waals surface area contributed by atoms with Gasteiger partial charge in [0.1, 0.15) is 17.3 Å². The average molecular weight is 514 g/mol. The Balaban J connectivity index is 1.05. The van der Waals surface area contributed by atoms with Crippen LogP contribution in [-0.4, -0.2) is 69.7 Å². The van der Waals surface area contributed by atoms with Gasteiger partial charge in [0, 0.05) is 30.5 Å². The van der Waals surface area contributed by atoms with E-state index in [0.717, 1.165) is 41.7 Å². The van der Waals surface area contributed by atoms with Gasteiger partial charge < -0.3 is 14.5 Å². The Morgan fingerprint density at radius 1 is 0.895 bits per heavy atom. The first-order valence-electron chi connectivity index (χ1n) is 14.0. The topological polar surface area (TPSA) is 46.4 Å². The number of hydrogen-bond acceptors (Lipinski definition) is 5. The summed E-state index contributed by atoms with van der Waals surface area (Å²) in [4.78, 5) is 14.5. The van der Waals surface area contributed by atoms with Crippen LogP contribution in [0.4, 0.5) is 4.39 Å². The number of likely N-dealkylation sites (tertiary alicyclic amines) is 2. The lowest BCUT2D eigenvalue weighted by Crippen LogP contribution is -2.46. The van der Waals surface area contributed by atoms with E-state index >= 15 is 0 Å². The molecule has 7 heteroatoms. The lowest BCUT2D eigenvalue weighted by atomic mass is 10.00. The molecule has 0 N–H and O–H groups in total. The van der Waals surface area contributed by atoms with Crippen LogP contribution < -0.4 is 4.74 Å². The molecular formula is C31H36FN5O. The maximum atomic E-state index is 13.9. The lowest BCUT2D eigenvalue weighted by molar-refractivity contribution is 0.0901. The maximum Gasteiger partial charge on any atom is 0.164 e. The summed E-state index contributed by atoms with van der Waals surface area (Å²) in [5.74, 6) is 1.24. The van der Waals surface area contributed by atoms with Crippen LogP contribution in [0, 0.1) is 5.82 Å². The quantitative estimate of drug-likeness (QED) is 0.273. The zero-order chi connectivity index (χ0) is 25.7. The van der Waals surface area contributed by atoms with E-state index in [1.165, 1.54) is 70.4 Å². The largest absolute Gasteiger partial charge is 0.494 e. The molecule has 2 aromatic carbocycles. The van der Waals surface area contributed by atoms with Crippen molar-refractivity contribution in [3.05, 3.63) is 72.7 Å². The van der Waals surface area contributed by atoms with Crippen molar-refractivity contribution in [2.24, 2.45) is 0 Å². The van der Waals surface area contributed by atoms with E-state index in [4.69, 9.17) is 9.72 Å². The predicted molar refractivity (Wildman–Crippen MR) is 149 cm³/mol. The number of nitrogens with zero attached hydrogens (tertiary/aromatic N) is 5. The van der Waals surface area contributed by atoms with Crippen LogP contribution in [0.2, 0.25) is 0 Å². The minimum absolute atomic E-state index is 0.301. The normalized spacial score (nSPS) is 17.7. The number of aromatic nitrogens is 3. The molecule has 2 fully saturated rings. The Kier molecular flexibility index (Phi) is 7.65. The molecule has 0 bridgehead atoms. The van der Waals surface area contributed by atoms with Gasteiger partial charge in [0.25, 0.3) is 0 Å². The summed E-state index contributed by atoms with van der Waals surface area (Å²) in [6.45, 7) is 6.82. The molecule has 0 unspecified atom stereocenters. The molecule has 0 atom stereocenters. The van der Waals surface area contributed by atoms with Crippen LogP contribution in [-0.2, 0) is 0 Å². The molecule has 6 rings (SSSR count). The smallest absolute Gasteiger partial charge is 0.164 e. The van der Waals surface area contributed by atoms with Crippen molar-refractivity contribution in [3.63, 3.8) is 0 Å². The first-order valence-corrected chi connectivity index (χ1v) is 14.0. The van der Waals surface area contributed by atoms with Gasteiger partial charge in [0.05, 0.1) is 17.6 Å². The van der Waals surface area contributed by atoms with E-state index in [9.17, 15) is 4.39 Å². The van der Waals surface area contributed by atoms with E-state index in [-0.39, 0.29) is 5.82 Å². The minimum Gasteiger partial charge on any atom is -0.494 e. The molecule has 2 saturated heterocycles. The third-order valence-corrected chi connectivity index (χ3v) is 7.96. The van der Waals surface area contributed by atoms with Gasteiger partial charge in [-0.25, -0.2) is 9.37 Å². The van der Waals surface area contributed by atoms with Crippen LogP contribution in [0.1, 0.15) is 38.5 Å². The number of piperidine rings is 2. The number of hydrogen-bond donors (Lipinski definition) is 0. The van der Waals surface area contributed by atoms with Crippen molar-refractivity contribution < 1.29 is 9.13 Å². The van der Waals surface area contributed by atoms with E-state index in [0.29, 0.717) is 17.9 Å². The van der Waals surface area contributed by atoms with Crippen molar-refractivity contribution in [1.82, 2.24) is 24.3 Å². The van der Waals surface area contributed by atoms with Crippen molar-refractivity contribution >= 4 is 11.0 Å². The number of benzene rings is 2. The van der Waals surface area contributed by atoms with Crippen LogP contribution in [0.15, 0.2) is 66.9 Å². The van der Waals surface area contributed by atoms with E-state index < -0.39 is 0 Å². The van der Waals surface area contributed by atoms with Crippen LogP contribution >= 0.6 is 0 Å². The Morgan fingerprint density at radius 2 is 1.71 bits per heavy atom. The molecule has 38 heavy (non-hydrogen) atoms. The number of imidazole rings is 1. The summed E-state index contributed by atoms with van der Waals surface area (Å²) in [6.07, 6.45) is 9.54. The third-order valence-electron chi connectivity index (χ3n) is 7.96.